The molecule has 0 nitrogen and oxygen atoms in total. The second-order valence-electron chi connectivity index (χ2n) is 1.58. The molecule has 0 heterocycles. The average Bonchev–Trinajstić information content (AvgIpc) is 2.17. The molecule has 0 radical (unpaired) electrons. The molecule has 1 unspecified atom stereocenters. The maximum atomic E-state index is 2.17. The van der Waals surface area contributed by atoms with E-state index in [1.807, 2.05) is 0 Å². The zero-order valence-corrected chi connectivity index (χ0v) is 7.30. The molecule has 8 heavy (non-hydrogen) atoms. The summed E-state index contributed by atoms with van der Waals surface area (Å²) in [4.78, 5) is 0. The molecular formula is C6H7PPd. The Bertz CT molecular complexity index is 168. The molecule has 0 fully saturated rings. The van der Waals surface area contributed by atoms with Crippen LogP contribution in [0.4, 0.5) is 0 Å². The second kappa shape index (κ2) is 2.74. The molecule has 0 aromatic heterocycles. The van der Waals surface area contributed by atoms with Gasteiger partial charge in [-0.2, -0.15) is 9.90 Å². The van der Waals surface area contributed by atoms with Crippen LogP contribution in [0, 0.1) is 0 Å². The van der Waals surface area contributed by atoms with Gasteiger partial charge in [0, 0.05) is 20.4 Å². The van der Waals surface area contributed by atoms with E-state index in [2.05, 4.69) is 24.3 Å². The fourth-order valence-electron chi connectivity index (χ4n) is 0.676. The molecule has 2 aliphatic rings. The van der Waals surface area contributed by atoms with Crippen LogP contribution in [0.25, 0.3) is 11.1 Å². The Morgan fingerprint density at radius 3 is 1.62 bits per heavy atom. The quantitative estimate of drug-likeness (QED) is 0.465. The van der Waals surface area contributed by atoms with Crippen LogP contribution in [0.1, 0.15) is 0 Å². The second-order valence-corrected chi connectivity index (χ2v) is 1.58. The summed E-state index contributed by atoms with van der Waals surface area (Å²) >= 11 is 0. The molecule has 2 heteroatoms. The van der Waals surface area contributed by atoms with Crippen LogP contribution in [0.15, 0.2) is 24.3 Å². The molecule has 46 valence electrons. The van der Waals surface area contributed by atoms with Crippen molar-refractivity contribution in [1.82, 2.24) is 0 Å². The topological polar surface area (TPSA) is 0 Å². The molecule has 0 amide bonds. The summed E-state index contributed by atoms with van der Waals surface area (Å²) in [5.41, 5.74) is 2.85. The smallest absolute Gasteiger partial charge is 0 e. The number of fused-ring (bicyclic) bond motifs is 1. The maximum absolute atomic E-state index is 2.17. The minimum Gasteiger partial charge on any atom is -0.153 e. The summed E-state index contributed by atoms with van der Waals surface area (Å²) < 4.78 is 0. The summed E-state index contributed by atoms with van der Waals surface area (Å²) in [6, 6.07) is 8.48. The minimum absolute atomic E-state index is 0. The van der Waals surface area contributed by atoms with Gasteiger partial charge in [0.05, 0.1) is 0 Å². The zero-order valence-electron chi connectivity index (χ0n) is 4.33. The molecule has 0 aromatic rings. The van der Waals surface area contributed by atoms with E-state index in [1.54, 1.807) is 0 Å². The van der Waals surface area contributed by atoms with Gasteiger partial charge in [-0.25, -0.2) is 0 Å². The van der Waals surface area contributed by atoms with Crippen LogP contribution in [0.3, 0.4) is 0 Å². The summed E-state index contributed by atoms with van der Waals surface area (Å²) in [5, 5.41) is 0. The fourth-order valence-corrected chi connectivity index (χ4v) is 0.676. The number of hydrogen-bond donors (Lipinski definition) is 0. The third-order valence-corrected chi connectivity index (χ3v) is 1.11. The SMILES string of the molecule is P.[Pd].c1cc2cc-2c1. The Morgan fingerprint density at radius 2 is 1.50 bits per heavy atom. The van der Waals surface area contributed by atoms with E-state index >= 15 is 0 Å². The first-order valence-corrected chi connectivity index (χ1v) is 2.07. The third-order valence-electron chi connectivity index (χ3n) is 1.11. The van der Waals surface area contributed by atoms with E-state index in [0.29, 0.717) is 0 Å². The Morgan fingerprint density at radius 1 is 1.00 bits per heavy atom. The van der Waals surface area contributed by atoms with Crippen molar-refractivity contribution in [3.63, 3.8) is 0 Å². The predicted octanol–water partition coefficient (Wildman–Crippen LogP) is 1.72. The first-order chi connectivity index (χ1) is 2.97. The van der Waals surface area contributed by atoms with Crippen LogP contribution in [0.5, 0.6) is 0 Å². The summed E-state index contributed by atoms with van der Waals surface area (Å²) in [6.45, 7) is 0. The van der Waals surface area contributed by atoms with Crippen LogP contribution in [-0.4, -0.2) is 0 Å². The minimum atomic E-state index is 0. The summed E-state index contributed by atoms with van der Waals surface area (Å²) in [7, 11) is 0. The van der Waals surface area contributed by atoms with Crippen LogP contribution in [0.2, 0.25) is 0 Å². The van der Waals surface area contributed by atoms with Crippen molar-refractivity contribution in [2.45, 2.75) is 0 Å². The van der Waals surface area contributed by atoms with Gasteiger partial charge in [0.15, 0.2) is 0 Å². The monoisotopic (exact) mass is 216 g/mol. The Hall–Kier alpha value is 0.312. The van der Waals surface area contributed by atoms with Crippen molar-refractivity contribution in [3.8, 4) is 11.1 Å². The molecule has 0 spiro atoms. The van der Waals surface area contributed by atoms with E-state index < -0.39 is 0 Å². The standard InChI is InChI=1S/C6H4.H3P.Pd/c1-2-5-4-6(5)3-1;;/h1-4H;1H3;. The van der Waals surface area contributed by atoms with Crippen molar-refractivity contribution in [2.24, 2.45) is 0 Å². The normalized spacial score (nSPS) is 8.50. The van der Waals surface area contributed by atoms with Gasteiger partial charge >= 0.3 is 0 Å². The van der Waals surface area contributed by atoms with E-state index in [1.165, 1.54) is 11.1 Å². The van der Waals surface area contributed by atoms with Crippen molar-refractivity contribution in [3.05, 3.63) is 24.3 Å². The Labute approximate surface area is 66.0 Å². The van der Waals surface area contributed by atoms with Gasteiger partial charge in [0.2, 0.25) is 0 Å². The number of hydrogen-bond acceptors (Lipinski definition) is 0. The molecule has 0 aliphatic heterocycles. The van der Waals surface area contributed by atoms with Crippen LogP contribution in [-0.2, 0) is 20.4 Å². The van der Waals surface area contributed by atoms with Crippen molar-refractivity contribution in [2.75, 3.05) is 0 Å². The van der Waals surface area contributed by atoms with Gasteiger partial charge in [-0.1, -0.05) is 18.2 Å². The van der Waals surface area contributed by atoms with Crippen LogP contribution < -0.4 is 0 Å². The van der Waals surface area contributed by atoms with E-state index in [4.69, 9.17) is 0 Å². The van der Waals surface area contributed by atoms with Gasteiger partial charge < -0.3 is 0 Å². The number of rotatable bonds is 0. The maximum Gasteiger partial charge on any atom is 0 e. The van der Waals surface area contributed by atoms with Crippen LogP contribution >= 0.6 is 9.90 Å². The molecule has 0 N–H and O–H groups in total. The third kappa shape index (κ3) is 1.18. The molecule has 2 aliphatic carbocycles. The van der Waals surface area contributed by atoms with E-state index in [-0.39, 0.29) is 30.3 Å². The first kappa shape index (κ1) is 8.31. The fraction of sp³-hybridized carbons (Fsp3) is 0. The molecule has 0 bridgehead atoms. The Balaban J connectivity index is 0.000000245. The van der Waals surface area contributed by atoms with Crippen molar-refractivity contribution in [1.29, 1.82) is 0 Å². The van der Waals surface area contributed by atoms with E-state index in [9.17, 15) is 0 Å². The summed E-state index contributed by atoms with van der Waals surface area (Å²) in [5.74, 6) is 0. The zero-order chi connectivity index (χ0) is 3.98. The van der Waals surface area contributed by atoms with E-state index in [0.717, 1.165) is 0 Å². The Kier molecular flexibility index (Phi) is 2.85. The van der Waals surface area contributed by atoms with Gasteiger partial charge in [-0.15, -0.1) is 0 Å². The molecule has 1 atom stereocenters. The summed E-state index contributed by atoms with van der Waals surface area (Å²) in [6.07, 6.45) is 0. The molecule has 0 saturated carbocycles. The predicted molar refractivity (Wildman–Crippen MR) is 36.5 cm³/mol. The first-order valence-electron chi connectivity index (χ1n) is 2.07. The molecule has 0 aromatic carbocycles. The largest absolute Gasteiger partial charge is 0.153 e. The number of benzene rings is 1. The average molecular weight is 217 g/mol. The van der Waals surface area contributed by atoms with Gasteiger partial charge in [-0.05, 0) is 17.2 Å². The van der Waals surface area contributed by atoms with Crippen molar-refractivity contribution >= 4 is 9.90 Å². The van der Waals surface area contributed by atoms with Gasteiger partial charge in [0.25, 0.3) is 0 Å². The van der Waals surface area contributed by atoms with Gasteiger partial charge in [-0.3, -0.25) is 0 Å². The molecule has 0 saturated heterocycles. The molecule has 2 rings (SSSR count). The molecular weight excluding hydrogens is 209 g/mol. The van der Waals surface area contributed by atoms with Crippen molar-refractivity contribution < 1.29 is 20.4 Å². The van der Waals surface area contributed by atoms with Gasteiger partial charge in [0.1, 0.15) is 0 Å².